The molecule has 2 aliphatic rings. The van der Waals surface area contributed by atoms with Crippen molar-refractivity contribution >= 4 is 11.5 Å². The Bertz CT molecular complexity index is 913. The number of hydrogen-bond donors (Lipinski definition) is 0. The van der Waals surface area contributed by atoms with Gasteiger partial charge in [-0.3, -0.25) is 4.39 Å². The Kier molecular flexibility index (Phi) is 6.63. The molecule has 4 heteroatoms. The van der Waals surface area contributed by atoms with Gasteiger partial charge < -0.3 is 9.64 Å². The van der Waals surface area contributed by atoms with Crippen molar-refractivity contribution in [2.75, 3.05) is 33.4 Å². The normalized spacial score (nSPS) is 16.9. The number of carbonyl (C=O) groups is 1. The third-order valence-electron chi connectivity index (χ3n) is 6.25. The first-order chi connectivity index (χ1) is 14.7. The summed E-state index contributed by atoms with van der Waals surface area (Å²) >= 11 is 0. The molecule has 2 aromatic carbocycles. The lowest BCUT2D eigenvalue weighted by Crippen LogP contribution is -2.47. The van der Waals surface area contributed by atoms with Crippen LogP contribution in [-0.4, -0.2) is 44.3 Å². The first kappa shape index (κ1) is 20.8. The summed E-state index contributed by atoms with van der Waals surface area (Å²) in [5.74, 6) is 0.404. The van der Waals surface area contributed by atoms with Crippen LogP contribution in [0.3, 0.4) is 0 Å². The van der Waals surface area contributed by atoms with Gasteiger partial charge in [-0.1, -0.05) is 36.4 Å². The number of methoxy groups -OCH3 is 1. The molecule has 1 aliphatic carbocycles. The van der Waals surface area contributed by atoms with E-state index in [1.807, 2.05) is 12.1 Å². The van der Waals surface area contributed by atoms with Gasteiger partial charge in [0, 0.05) is 19.6 Å². The second kappa shape index (κ2) is 9.57. The van der Waals surface area contributed by atoms with Crippen LogP contribution >= 0.6 is 0 Å². The van der Waals surface area contributed by atoms with E-state index >= 15 is 0 Å². The van der Waals surface area contributed by atoms with Gasteiger partial charge in [-0.05, 0) is 78.0 Å². The van der Waals surface area contributed by atoms with Crippen LogP contribution in [0, 0.1) is 5.92 Å². The quantitative estimate of drug-likeness (QED) is 0.600. The molecule has 1 fully saturated rings. The second-order valence-electron chi connectivity index (χ2n) is 8.44. The molecule has 4 rings (SSSR count). The molecule has 0 unspecified atom stereocenters. The number of fused-ring (bicyclic) bond motifs is 1. The Labute approximate surface area is 178 Å². The van der Waals surface area contributed by atoms with Crippen LogP contribution in [0.5, 0.6) is 0 Å². The molecule has 30 heavy (non-hydrogen) atoms. The van der Waals surface area contributed by atoms with E-state index < -0.39 is 0 Å². The largest absolute Gasteiger partial charge is 0.465 e. The maximum atomic E-state index is 12.3. The Balaban J connectivity index is 1.46. The molecule has 0 spiro atoms. The van der Waals surface area contributed by atoms with Crippen molar-refractivity contribution < 1.29 is 13.9 Å². The molecule has 1 aliphatic heterocycles. The van der Waals surface area contributed by atoms with Crippen molar-refractivity contribution in [1.82, 2.24) is 4.90 Å². The summed E-state index contributed by atoms with van der Waals surface area (Å²) in [5.41, 5.74) is 6.90. The van der Waals surface area contributed by atoms with Gasteiger partial charge in [-0.15, -0.1) is 0 Å². The van der Waals surface area contributed by atoms with Crippen molar-refractivity contribution in [2.45, 2.75) is 32.1 Å². The van der Waals surface area contributed by atoms with E-state index in [1.165, 1.54) is 34.9 Å². The van der Waals surface area contributed by atoms with Gasteiger partial charge in [-0.2, -0.15) is 0 Å². The van der Waals surface area contributed by atoms with Crippen molar-refractivity contribution in [1.29, 1.82) is 0 Å². The lowest BCUT2D eigenvalue weighted by atomic mass is 9.89. The zero-order valence-corrected chi connectivity index (χ0v) is 17.7. The zero-order valence-electron chi connectivity index (χ0n) is 17.7. The van der Waals surface area contributed by atoms with Gasteiger partial charge in [0.2, 0.25) is 0 Å². The summed E-state index contributed by atoms with van der Waals surface area (Å²) < 4.78 is 17.2. The Morgan fingerprint density at radius 2 is 1.97 bits per heavy atom. The van der Waals surface area contributed by atoms with Crippen molar-refractivity contribution in [2.24, 2.45) is 5.92 Å². The highest BCUT2D eigenvalue weighted by atomic mass is 19.1. The summed E-state index contributed by atoms with van der Waals surface area (Å²) in [4.78, 5) is 14.2. The summed E-state index contributed by atoms with van der Waals surface area (Å²) in [7, 11) is 1.42. The van der Waals surface area contributed by atoms with Crippen LogP contribution in [0.2, 0.25) is 0 Å². The number of alkyl halides is 1. The number of ether oxygens (including phenoxy) is 1. The predicted molar refractivity (Wildman–Crippen MR) is 118 cm³/mol. The minimum Gasteiger partial charge on any atom is -0.465 e. The van der Waals surface area contributed by atoms with Crippen molar-refractivity contribution in [3.05, 3.63) is 76.4 Å². The summed E-state index contributed by atoms with van der Waals surface area (Å²) in [6.45, 7) is 2.84. The fraction of sp³-hybridized carbons (Fsp3) is 0.423. The molecule has 0 radical (unpaired) electrons. The summed E-state index contributed by atoms with van der Waals surface area (Å²) in [5, 5.41) is 0. The third kappa shape index (κ3) is 4.65. The SMILES string of the molecule is COC(=O)c1ccc2c(c1)CCCC=C2c1ccc(CC2CN(CCCF)C2)cc1. The number of hydrogen-bond acceptors (Lipinski definition) is 3. The van der Waals surface area contributed by atoms with E-state index in [0.29, 0.717) is 17.9 Å². The number of nitrogens with zero attached hydrogens (tertiary/aromatic N) is 1. The average Bonchev–Trinajstić information content (AvgIpc) is 2.97. The molecule has 0 amide bonds. The fourth-order valence-electron chi connectivity index (χ4n) is 4.66. The van der Waals surface area contributed by atoms with Crippen LogP contribution in [0.25, 0.3) is 5.57 Å². The van der Waals surface area contributed by atoms with Crippen LogP contribution in [-0.2, 0) is 17.6 Å². The van der Waals surface area contributed by atoms with Gasteiger partial charge in [0.25, 0.3) is 0 Å². The number of allylic oxidation sites excluding steroid dienone is 1. The molecule has 0 bridgehead atoms. The number of carbonyl (C=O) groups excluding carboxylic acids is 1. The maximum absolute atomic E-state index is 12.3. The first-order valence-electron chi connectivity index (χ1n) is 11.0. The smallest absolute Gasteiger partial charge is 0.337 e. The molecule has 2 aromatic rings. The molecular weight excluding hydrogens is 377 g/mol. The highest BCUT2D eigenvalue weighted by Gasteiger charge is 2.26. The topological polar surface area (TPSA) is 29.5 Å². The van der Waals surface area contributed by atoms with Crippen molar-refractivity contribution in [3.8, 4) is 0 Å². The molecule has 1 saturated heterocycles. The molecule has 0 aromatic heterocycles. The first-order valence-corrected chi connectivity index (χ1v) is 11.0. The Hall–Kier alpha value is -2.46. The van der Waals surface area contributed by atoms with Crippen LogP contribution in [0.15, 0.2) is 48.5 Å². The minimum absolute atomic E-state index is 0.217. The molecule has 3 nitrogen and oxygen atoms in total. The molecule has 0 saturated carbocycles. The lowest BCUT2D eigenvalue weighted by Gasteiger charge is -2.39. The minimum atomic E-state index is -0.281. The number of benzene rings is 2. The molecule has 1 heterocycles. The molecule has 0 atom stereocenters. The van der Waals surface area contributed by atoms with Crippen LogP contribution in [0.4, 0.5) is 4.39 Å². The lowest BCUT2D eigenvalue weighted by molar-refractivity contribution is 0.0600. The van der Waals surface area contributed by atoms with E-state index in [4.69, 9.17) is 4.74 Å². The number of aryl methyl sites for hydroxylation is 1. The molecular formula is C26H30FNO2. The van der Waals surface area contributed by atoms with Crippen LogP contribution in [0.1, 0.15) is 51.9 Å². The highest BCUT2D eigenvalue weighted by Crippen LogP contribution is 2.32. The van der Waals surface area contributed by atoms with E-state index in [1.54, 1.807) is 0 Å². The van der Waals surface area contributed by atoms with Gasteiger partial charge >= 0.3 is 5.97 Å². The Morgan fingerprint density at radius 1 is 1.17 bits per heavy atom. The second-order valence-corrected chi connectivity index (χ2v) is 8.44. The Morgan fingerprint density at radius 3 is 2.70 bits per heavy atom. The standard InChI is InChI=1S/C26H30FNO2/c1-30-26(29)23-11-12-25-22(16-23)5-2-3-6-24(25)21-9-7-19(8-10-21)15-20-17-28(18-20)14-4-13-27/h6-12,16,20H,2-5,13-15,17-18H2,1H3. The van der Waals surface area contributed by atoms with Crippen LogP contribution < -0.4 is 0 Å². The summed E-state index contributed by atoms with van der Waals surface area (Å²) in [6, 6.07) is 14.9. The maximum Gasteiger partial charge on any atom is 0.337 e. The fourth-order valence-corrected chi connectivity index (χ4v) is 4.66. The van der Waals surface area contributed by atoms with Gasteiger partial charge in [0.05, 0.1) is 19.3 Å². The molecule has 0 N–H and O–H groups in total. The van der Waals surface area contributed by atoms with E-state index in [9.17, 15) is 9.18 Å². The molecule has 158 valence electrons. The number of halogens is 1. The van der Waals surface area contributed by atoms with Crippen molar-refractivity contribution in [3.63, 3.8) is 0 Å². The van der Waals surface area contributed by atoms with E-state index in [-0.39, 0.29) is 12.6 Å². The van der Waals surface area contributed by atoms with E-state index in [0.717, 1.165) is 45.3 Å². The zero-order chi connectivity index (χ0) is 20.9. The van der Waals surface area contributed by atoms with Gasteiger partial charge in [0.1, 0.15) is 0 Å². The third-order valence-corrected chi connectivity index (χ3v) is 6.25. The monoisotopic (exact) mass is 407 g/mol. The van der Waals surface area contributed by atoms with E-state index in [2.05, 4.69) is 41.3 Å². The highest BCUT2D eigenvalue weighted by molar-refractivity contribution is 5.91. The summed E-state index contributed by atoms with van der Waals surface area (Å²) in [6.07, 6.45) is 7.16. The number of rotatable bonds is 7. The van der Waals surface area contributed by atoms with Gasteiger partial charge in [-0.25, -0.2) is 4.79 Å². The number of esters is 1. The average molecular weight is 408 g/mol. The number of likely N-dealkylation sites (tertiary alicyclic amines) is 1. The predicted octanol–water partition coefficient (Wildman–Crippen LogP) is 5.08. The van der Waals surface area contributed by atoms with Gasteiger partial charge in [0.15, 0.2) is 0 Å².